The minimum absolute atomic E-state index is 0.142. The summed E-state index contributed by atoms with van der Waals surface area (Å²) in [6, 6.07) is 5.32. The number of fused-ring (bicyclic) bond motifs is 1. The highest BCUT2D eigenvalue weighted by molar-refractivity contribution is 5.84. The lowest BCUT2D eigenvalue weighted by Crippen LogP contribution is -1.89. The Hall–Kier alpha value is -1.31. The Bertz CT molecular complexity index is 480. The third-order valence-electron chi connectivity index (χ3n) is 3.49. The highest BCUT2D eigenvalue weighted by Gasteiger charge is 2.20. The zero-order valence-corrected chi connectivity index (χ0v) is 8.59. The minimum atomic E-state index is -0.142. The molecule has 1 N–H and O–H groups in total. The number of hydrogen-bond acceptors (Lipinski definition) is 0. The molecular weight excluding hydrogens is 189 g/mol. The highest BCUT2D eigenvalue weighted by Crippen LogP contribution is 2.37. The van der Waals surface area contributed by atoms with E-state index in [9.17, 15) is 4.39 Å². The summed E-state index contributed by atoms with van der Waals surface area (Å²) in [7, 11) is 0. The first kappa shape index (κ1) is 8.96. The highest BCUT2D eigenvalue weighted by atomic mass is 19.1. The van der Waals surface area contributed by atoms with E-state index in [0.29, 0.717) is 11.4 Å². The Morgan fingerprint density at radius 1 is 1.20 bits per heavy atom. The van der Waals surface area contributed by atoms with Gasteiger partial charge in [0, 0.05) is 11.6 Å². The molecule has 3 rings (SSSR count). The van der Waals surface area contributed by atoms with Crippen LogP contribution in [0.25, 0.3) is 10.9 Å². The van der Waals surface area contributed by atoms with Crippen LogP contribution < -0.4 is 0 Å². The van der Waals surface area contributed by atoms with E-state index in [1.54, 1.807) is 6.07 Å². The first-order valence-electron chi connectivity index (χ1n) is 5.62. The van der Waals surface area contributed by atoms with Gasteiger partial charge >= 0.3 is 0 Å². The summed E-state index contributed by atoms with van der Waals surface area (Å²) in [5.41, 5.74) is 1.97. The van der Waals surface area contributed by atoms with Crippen LogP contribution in [-0.2, 0) is 0 Å². The van der Waals surface area contributed by atoms with E-state index in [1.165, 1.54) is 37.3 Å². The number of rotatable bonds is 1. The number of halogens is 1. The largest absolute Gasteiger partial charge is 0.359 e. The van der Waals surface area contributed by atoms with Gasteiger partial charge in [0.05, 0.1) is 5.52 Å². The third-order valence-corrected chi connectivity index (χ3v) is 3.49. The summed E-state index contributed by atoms with van der Waals surface area (Å²) in [5, 5.41) is 1.07. The van der Waals surface area contributed by atoms with Crippen molar-refractivity contribution in [1.82, 2.24) is 4.98 Å². The minimum Gasteiger partial charge on any atom is -0.359 e. The number of benzene rings is 1. The Balaban J connectivity index is 2.15. The van der Waals surface area contributed by atoms with Crippen LogP contribution in [0.2, 0.25) is 0 Å². The van der Waals surface area contributed by atoms with Gasteiger partial charge in [-0.25, -0.2) is 4.39 Å². The number of H-pyrrole nitrogens is 1. The molecule has 1 aliphatic carbocycles. The van der Waals surface area contributed by atoms with E-state index in [4.69, 9.17) is 0 Å². The lowest BCUT2D eigenvalue weighted by atomic mass is 9.97. The Morgan fingerprint density at radius 3 is 2.80 bits per heavy atom. The molecule has 0 bridgehead atoms. The molecule has 15 heavy (non-hydrogen) atoms. The monoisotopic (exact) mass is 203 g/mol. The van der Waals surface area contributed by atoms with Gasteiger partial charge in [-0.15, -0.1) is 0 Å². The quantitative estimate of drug-likeness (QED) is 0.722. The molecule has 0 aliphatic heterocycles. The topological polar surface area (TPSA) is 15.8 Å². The van der Waals surface area contributed by atoms with Crippen molar-refractivity contribution in [3.63, 3.8) is 0 Å². The molecule has 1 fully saturated rings. The van der Waals surface area contributed by atoms with E-state index in [0.717, 1.165) is 5.39 Å². The molecule has 2 aromatic rings. The average molecular weight is 203 g/mol. The Labute approximate surface area is 88.3 Å². The van der Waals surface area contributed by atoms with E-state index in [1.807, 2.05) is 12.3 Å². The van der Waals surface area contributed by atoms with Crippen molar-refractivity contribution in [2.45, 2.75) is 31.6 Å². The maximum absolute atomic E-state index is 13.5. The van der Waals surface area contributed by atoms with Crippen LogP contribution in [0, 0.1) is 5.82 Å². The van der Waals surface area contributed by atoms with Gasteiger partial charge in [-0.05, 0) is 30.4 Å². The second-order valence-electron chi connectivity index (χ2n) is 4.39. The summed E-state index contributed by atoms with van der Waals surface area (Å²) in [5.74, 6) is 0.497. The molecule has 0 atom stereocenters. The summed E-state index contributed by atoms with van der Waals surface area (Å²) < 4.78 is 13.5. The summed E-state index contributed by atoms with van der Waals surface area (Å²) in [4.78, 5) is 3.06. The van der Waals surface area contributed by atoms with Crippen molar-refractivity contribution < 1.29 is 4.39 Å². The van der Waals surface area contributed by atoms with Gasteiger partial charge in [-0.3, -0.25) is 0 Å². The lowest BCUT2D eigenvalue weighted by Gasteiger charge is -2.06. The van der Waals surface area contributed by atoms with Crippen molar-refractivity contribution in [2.24, 2.45) is 0 Å². The van der Waals surface area contributed by atoms with Crippen LogP contribution in [-0.4, -0.2) is 4.98 Å². The lowest BCUT2D eigenvalue weighted by molar-refractivity contribution is 0.637. The van der Waals surface area contributed by atoms with Crippen molar-refractivity contribution in [3.05, 3.63) is 35.8 Å². The van der Waals surface area contributed by atoms with E-state index in [2.05, 4.69) is 4.98 Å². The third kappa shape index (κ3) is 1.36. The average Bonchev–Trinajstić information content (AvgIpc) is 2.85. The zero-order valence-electron chi connectivity index (χ0n) is 8.59. The molecule has 2 heteroatoms. The predicted molar refractivity (Wildman–Crippen MR) is 59.5 cm³/mol. The zero-order chi connectivity index (χ0) is 10.3. The first-order valence-corrected chi connectivity index (χ1v) is 5.62. The molecule has 1 aromatic heterocycles. The van der Waals surface area contributed by atoms with Crippen LogP contribution in [0.5, 0.6) is 0 Å². The standard InChI is InChI=1S/C13H14FN/c14-12-7-3-6-10-11(8-15-13(10)12)9-4-1-2-5-9/h3,6-9,15H,1-2,4-5H2. The molecule has 0 spiro atoms. The molecule has 1 aromatic carbocycles. The van der Waals surface area contributed by atoms with Crippen LogP contribution in [0.1, 0.15) is 37.2 Å². The van der Waals surface area contributed by atoms with Crippen molar-refractivity contribution in [3.8, 4) is 0 Å². The fourth-order valence-electron chi connectivity index (χ4n) is 2.71. The number of aromatic amines is 1. The van der Waals surface area contributed by atoms with Crippen LogP contribution in [0.15, 0.2) is 24.4 Å². The van der Waals surface area contributed by atoms with Crippen LogP contribution in [0.4, 0.5) is 4.39 Å². The second-order valence-corrected chi connectivity index (χ2v) is 4.39. The first-order chi connectivity index (χ1) is 7.36. The maximum Gasteiger partial charge on any atom is 0.147 e. The van der Waals surface area contributed by atoms with Crippen LogP contribution >= 0.6 is 0 Å². The molecule has 0 amide bonds. The molecule has 78 valence electrons. The van der Waals surface area contributed by atoms with Crippen molar-refractivity contribution in [2.75, 3.05) is 0 Å². The van der Waals surface area contributed by atoms with E-state index in [-0.39, 0.29) is 5.82 Å². The summed E-state index contributed by atoms with van der Waals surface area (Å²) >= 11 is 0. The smallest absolute Gasteiger partial charge is 0.147 e. The van der Waals surface area contributed by atoms with Gasteiger partial charge < -0.3 is 4.98 Å². The molecule has 0 unspecified atom stereocenters. The molecule has 0 saturated heterocycles. The van der Waals surface area contributed by atoms with Gasteiger partial charge in [0.2, 0.25) is 0 Å². The summed E-state index contributed by atoms with van der Waals surface area (Å²) in [6.45, 7) is 0. The number of nitrogens with one attached hydrogen (secondary N) is 1. The second kappa shape index (κ2) is 3.37. The van der Waals surface area contributed by atoms with Gasteiger partial charge in [0.15, 0.2) is 0 Å². The Kier molecular flexibility index (Phi) is 2.01. The van der Waals surface area contributed by atoms with Crippen molar-refractivity contribution in [1.29, 1.82) is 0 Å². The maximum atomic E-state index is 13.5. The fraction of sp³-hybridized carbons (Fsp3) is 0.385. The molecule has 1 saturated carbocycles. The number of hydrogen-bond donors (Lipinski definition) is 1. The van der Waals surface area contributed by atoms with Gasteiger partial charge in [0.1, 0.15) is 5.82 Å². The number of aromatic nitrogens is 1. The Morgan fingerprint density at radius 2 is 2.00 bits per heavy atom. The van der Waals surface area contributed by atoms with Gasteiger partial charge in [-0.1, -0.05) is 25.0 Å². The molecule has 0 radical (unpaired) electrons. The van der Waals surface area contributed by atoms with Gasteiger partial charge in [-0.2, -0.15) is 0 Å². The summed E-state index contributed by atoms with van der Waals surface area (Å²) in [6.07, 6.45) is 7.12. The van der Waals surface area contributed by atoms with E-state index < -0.39 is 0 Å². The molecule has 1 heterocycles. The van der Waals surface area contributed by atoms with Crippen LogP contribution in [0.3, 0.4) is 0 Å². The molecular formula is C13H14FN. The van der Waals surface area contributed by atoms with Crippen molar-refractivity contribution >= 4 is 10.9 Å². The molecule has 1 nitrogen and oxygen atoms in total. The number of para-hydroxylation sites is 1. The van der Waals surface area contributed by atoms with Gasteiger partial charge in [0.25, 0.3) is 0 Å². The predicted octanol–water partition coefficient (Wildman–Crippen LogP) is 3.96. The van der Waals surface area contributed by atoms with E-state index >= 15 is 0 Å². The molecule has 1 aliphatic rings. The SMILES string of the molecule is Fc1cccc2c(C3CCCC3)c[nH]c12. The fourth-order valence-corrected chi connectivity index (χ4v) is 2.71. The normalized spacial score (nSPS) is 17.7.